The first-order valence-electron chi connectivity index (χ1n) is 42.8. The number of allylic oxidation sites excluding steroid dienone is 14. The summed E-state index contributed by atoms with van der Waals surface area (Å²) in [7, 11) is 0. The molecule has 14 nitrogen and oxygen atoms in total. The molecule has 12 unspecified atom stereocenters. The van der Waals surface area contributed by atoms with Gasteiger partial charge in [0.15, 0.2) is 12.6 Å². The summed E-state index contributed by atoms with van der Waals surface area (Å²) in [5.74, 6) is -0.201. The Labute approximate surface area is 624 Å². The monoisotopic (exact) mass is 1440 g/mol. The van der Waals surface area contributed by atoms with E-state index < -0.39 is 86.8 Å². The molecule has 2 saturated heterocycles. The molecule has 0 saturated carbocycles. The maximum Gasteiger partial charge on any atom is 0.220 e. The van der Waals surface area contributed by atoms with Crippen LogP contribution in [0, 0.1) is 0 Å². The molecular formula is C88H159NO13. The number of carbonyl (C=O) groups is 1. The minimum absolute atomic E-state index is 0.201. The number of amides is 1. The summed E-state index contributed by atoms with van der Waals surface area (Å²) in [6, 6.07) is -0.833. The average molecular weight is 1440 g/mol. The van der Waals surface area contributed by atoms with Gasteiger partial charge in [0, 0.05) is 6.42 Å². The Kier molecular flexibility index (Phi) is 66.4. The Morgan fingerprint density at radius 2 is 0.676 bits per heavy atom. The summed E-state index contributed by atoms with van der Waals surface area (Å²) in [6.07, 6.45) is 83.5. The highest BCUT2D eigenvalue weighted by atomic mass is 16.7. The summed E-state index contributed by atoms with van der Waals surface area (Å²) in [5, 5.41) is 88.0. The van der Waals surface area contributed by atoms with Crippen LogP contribution in [-0.2, 0) is 23.7 Å². The number of unbranched alkanes of at least 4 members (excludes halogenated alkanes) is 45. The van der Waals surface area contributed by atoms with Crippen LogP contribution < -0.4 is 5.32 Å². The van der Waals surface area contributed by atoms with Crippen molar-refractivity contribution in [3.63, 3.8) is 0 Å². The molecule has 594 valence electrons. The fraction of sp³-hybridized carbons (Fsp3) is 0.830. The smallest absolute Gasteiger partial charge is 0.220 e. The Morgan fingerprint density at radius 3 is 1.04 bits per heavy atom. The van der Waals surface area contributed by atoms with Crippen molar-refractivity contribution in [3.8, 4) is 0 Å². The molecule has 9 N–H and O–H groups in total. The van der Waals surface area contributed by atoms with Crippen LogP contribution in [0.5, 0.6) is 0 Å². The molecule has 0 aromatic carbocycles. The fourth-order valence-corrected chi connectivity index (χ4v) is 13.9. The van der Waals surface area contributed by atoms with Crippen LogP contribution in [0.15, 0.2) is 85.1 Å². The largest absolute Gasteiger partial charge is 0.394 e. The van der Waals surface area contributed by atoms with Crippen molar-refractivity contribution >= 4 is 5.91 Å². The molecular weight excluding hydrogens is 1280 g/mol. The van der Waals surface area contributed by atoms with E-state index in [0.717, 1.165) is 96.3 Å². The molecule has 2 fully saturated rings. The standard InChI is InChI=1S/C88H159NO13/c1-3-5-7-9-11-13-15-17-19-21-23-25-27-29-31-32-33-34-35-36-37-38-39-40-41-42-43-44-46-48-50-52-54-56-58-60-62-64-66-68-70-72-80(93)89-76(75-99-87-85(98)83(96)86(79(74-91)101-87)102-88-84(97)82(95)81(94)78(73-90)100-88)77(92)71-69-67-65-63-61-59-57-55-53-51-49-47-45-30-28-26-24-22-20-18-16-14-12-10-8-6-4-2/h5,7,11,13,17,19,23,25,29,31,33-34,36-37,76-79,81-88,90-92,94-98H,3-4,6,8-10,12,14-16,18,20-22,24,26-28,30,32,35,38-75H2,1-2H3,(H,89,93)/b7-5-,13-11-,19-17-,25-23-,31-29-,34-33-,37-36-. The molecule has 2 heterocycles. The second-order valence-corrected chi connectivity index (χ2v) is 29.9. The molecule has 0 aliphatic carbocycles. The number of carbonyl (C=O) groups excluding carboxylic acids is 1. The van der Waals surface area contributed by atoms with Crippen molar-refractivity contribution in [3.05, 3.63) is 85.1 Å². The number of aliphatic hydroxyl groups excluding tert-OH is 8. The predicted molar refractivity (Wildman–Crippen MR) is 424 cm³/mol. The molecule has 102 heavy (non-hydrogen) atoms. The second kappa shape index (κ2) is 71.1. The van der Waals surface area contributed by atoms with Crippen LogP contribution in [0.2, 0.25) is 0 Å². The average Bonchev–Trinajstić information content (AvgIpc) is 0.790. The molecule has 12 atom stereocenters. The number of rotatable bonds is 72. The highest BCUT2D eigenvalue weighted by Crippen LogP contribution is 2.31. The Morgan fingerprint density at radius 1 is 0.363 bits per heavy atom. The van der Waals surface area contributed by atoms with Gasteiger partial charge < -0.3 is 65.1 Å². The first-order valence-corrected chi connectivity index (χ1v) is 42.8. The third kappa shape index (κ3) is 53.0. The van der Waals surface area contributed by atoms with E-state index in [2.05, 4.69) is 104 Å². The molecule has 1 amide bonds. The van der Waals surface area contributed by atoms with Gasteiger partial charge in [-0.2, -0.15) is 0 Å². The zero-order valence-electron chi connectivity index (χ0n) is 65.3. The summed E-state index contributed by atoms with van der Waals surface area (Å²) in [4.78, 5) is 13.4. The molecule has 2 rings (SSSR count). The number of ether oxygens (including phenoxy) is 4. The van der Waals surface area contributed by atoms with Crippen LogP contribution in [0.1, 0.15) is 373 Å². The Bertz CT molecular complexity index is 2040. The lowest BCUT2D eigenvalue weighted by molar-refractivity contribution is -0.359. The zero-order chi connectivity index (χ0) is 73.7. The highest BCUT2D eigenvalue weighted by Gasteiger charge is 2.51. The lowest BCUT2D eigenvalue weighted by Gasteiger charge is -2.46. The van der Waals surface area contributed by atoms with Crippen molar-refractivity contribution in [1.29, 1.82) is 0 Å². The van der Waals surface area contributed by atoms with Gasteiger partial charge in [-0.3, -0.25) is 4.79 Å². The normalized spacial score (nSPS) is 22.1. The molecule has 2 aliphatic heterocycles. The van der Waals surface area contributed by atoms with Gasteiger partial charge in [-0.15, -0.1) is 0 Å². The number of nitrogens with one attached hydrogen (secondary N) is 1. The summed E-state index contributed by atoms with van der Waals surface area (Å²) in [5.41, 5.74) is 0. The van der Waals surface area contributed by atoms with Gasteiger partial charge in [0.25, 0.3) is 0 Å². The lowest BCUT2D eigenvalue weighted by Crippen LogP contribution is -2.65. The van der Waals surface area contributed by atoms with Gasteiger partial charge in [-0.25, -0.2) is 0 Å². The first-order chi connectivity index (χ1) is 50.1. The van der Waals surface area contributed by atoms with Crippen LogP contribution in [0.4, 0.5) is 0 Å². The van der Waals surface area contributed by atoms with Gasteiger partial charge in [0.2, 0.25) is 5.91 Å². The van der Waals surface area contributed by atoms with E-state index in [1.807, 2.05) is 0 Å². The molecule has 0 radical (unpaired) electrons. The van der Waals surface area contributed by atoms with E-state index in [9.17, 15) is 45.6 Å². The van der Waals surface area contributed by atoms with E-state index in [0.29, 0.717) is 12.8 Å². The maximum atomic E-state index is 13.4. The summed E-state index contributed by atoms with van der Waals surface area (Å²) < 4.78 is 23.0. The highest BCUT2D eigenvalue weighted by molar-refractivity contribution is 5.76. The Hall–Kier alpha value is -2.83. The van der Waals surface area contributed by atoms with Crippen LogP contribution in [-0.4, -0.2) is 140 Å². The maximum absolute atomic E-state index is 13.4. The predicted octanol–water partition coefficient (Wildman–Crippen LogP) is 20.3. The number of hydrogen-bond donors (Lipinski definition) is 9. The van der Waals surface area contributed by atoms with Crippen LogP contribution in [0.3, 0.4) is 0 Å². The molecule has 0 aromatic heterocycles. The van der Waals surface area contributed by atoms with Gasteiger partial charge in [0.05, 0.1) is 32.0 Å². The third-order valence-electron chi connectivity index (χ3n) is 20.6. The minimum atomic E-state index is -1.79. The third-order valence-corrected chi connectivity index (χ3v) is 20.6. The number of aliphatic hydroxyl groups is 8. The molecule has 0 bridgehead atoms. The van der Waals surface area contributed by atoms with Gasteiger partial charge in [0.1, 0.15) is 48.8 Å². The van der Waals surface area contributed by atoms with E-state index in [-0.39, 0.29) is 12.5 Å². The quantitative estimate of drug-likeness (QED) is 0.0204. The molecule has 14 heteroatoms. The summed E-state index contributed by atoms with van der Waals surface area (Å²) in [6.45, 7) is 2.80. The lowest BCUT2D eigenvalue weighted by atomic mass is 9.97. The summed E-state index contributed by atoms with van der Waals surface area (Å²) >= 11 is 0. The van der Waals surface area contributed by atoms with Crippen LogP contribution >= 0.6 is 0 Å². The molecule has 2 aliphatic rings. The second-order valence-electron chi connectivity index (χ2n) is 29.9. The van der Waals surface area contributed by atoms with Crippen LogP contribution in [0.25, 0.3) is 0 Å². The van der Waals surface area contributed by atoms with E-state index >= 15 is 0 Å². The fourth-order valence-electron chi connectivity index (χ4n) is 13.9. The van der Waals surface area contributed by atoms with Crippen molar-refractivity contribution in [2.45, 2.75) is 447 Å². The number of hydrogen-bond acceptors (Lipinski definition) is 13. The van der Waals surface area contributed by atoms with Crippen molar-refractivity contribution in [2.75, 3.05) is 19.8 Å². The zero-order valence-corrected chi connectivity index (χ0v) is 65.3. The first kappa shape index (κ1) is 95.2. The van der Waals surface area contributed by atoms with E-state index in [4.69, 9.17) is 18.9 Å². The van der Waals surface area contributed by atoms with Gasteiger partial charge in [-0.1, -0.05) is 381 Å². The topological polar surface area (TPSA) is 228 Å². The minimum Gasteiger partial charge on any atom is -0.394 e. The SMILES string of the molecule is CC/C=C\C/C=C\C/C=C\C/C=C\C/C=C\C/C=C\C/C=C\CCCCCCCCCCCCCCCCCCCCCC(=O)NC(COC1OC(CO)C(OC2OC(CO)C(O)C(O)C2O)C(O)C1O)C(O)CCCCCCCCCCCCCCCCCCCCCCCCCCCCC. The van der Waals surface area contributed by atoms with Gasteiger partial charge in [-0.05, 0) is 70.6 Å². The molecule has 0 aromatic rings. The Balaban J connectivity index is 1.56. The van der Waals surface area contributed by atoms with Crippen molar-refractivity contribution < 1.29 is 64.6 Å². The van der Waals surface area contributed by atoms with Crippen molar-refractivity contribution in [2.24, 2.45) is 0 Å². The van der Waals surface area contributed by atoms with Gasteiger partial charge >= 0.3 is 0 Å². The van der Waals surface area contributed by atoms with E-state index in [1.54, 1.807) is 0 Å². The van der Waals surface area contributed by atoms with E-state index in [1.165, 1.54) is 250 Å². The molecule has 0 spiro atoms. The van der Waals surface area contributed by atoms with Crippen molar-refractivity contribution in [1.82, 2.24) is 5.32 Å².